The van der Waals surface area contributed by atoms with Crippen LogP contribution in [-0.2, 0) is 4.79 Å². The van der Waals surface area contributed by atoms with Gasteiger partial charge in [-0.1, -0.05) is 0 Å². The molecule has 0 spiro atoms. The first-order valence-electron chi connectivity index (χ1n) is 4.17. The Morgan fingerprint density at radius 2 is 2.15 bits per heavy atom. The predicted molar refractivity (Wildman–Crippen MR) is 43.3 cm³/mol. The summed E-state index contributed by atoms with van der Waals surface area (Å²) < 4.78 is 0. The van der Waals surface area contributed by atoms with Gasteiger partial charge >= 0.3 is 6.09 Å². The topological polar surface area (TPSA) is 81.7 Å². The van der Waals surface area contributed by atoms with Gasteiger partial charge in [0.25, 0.3) is 0 Å². The number of piperazine rings is 1. The number of carboxylic acid groups (broad SMARTS) is 1. The summed E-state index contributed by atoms with van der Waals surface area (Å²) >= 11 is 0. The molecule has 0 aromatic carbocycles. The Bertz CT molecular complexity index is 255. The highest BCUT2D eigenvalue weighted by Gasteiger charge is 2.38. The van der Waals surface area contributed by atoms with Crippen molar-refractivity contribution in [2.45, 2.75) is 12.1 Å². The minimum atomic E-state index is -0.926. The number of rotatable bonds is 0. The monoisotopic (exact) mass is 185 g/mol. The van der Waals surface area contributed by atoms with Crippen LogP contribution in [0.1, 0.15) is 0 Å². The molecule has 0 aliphatic carbocycles. The zero-order valence-electron chi connectivity index (χ0n) is 6.99. The molecule has 72 valence electrons. The van der Waals surface area contributed by atoms with Gasteiger partial charge in [0.05, 0.1) is 12.6 Å². The maximum atomic E-state index is 10.9. The van der Waals surface area contributed by atoms with Crippen LogP contribution in [0.15, 0.2) is 0 Å². The second-order valence-electron chi connectivity index (χ2n) is 3.35. The average Bonchev–Trinajstić information content (AvgIpc) is 2.46. The van der Waals surface area contributed by atoms with E-state index in [0.717, 1.165) is 0 Å². The Labute approximate surface area is 74.9 Å². The minimum absolute atomic E-state index is 0.0580. The summed E-state index contributed by atoms with van der Waals surface area (Å²) in [7, 11) is 0. The Morgan fingerprint density at radius 1 is 1.46 bits per heavy atom. The van der Waals surface area contributed by atoms with Gasteiger partial charge in [-0.25, -0.2) is 4.79 Å². The SMILES string of the molecule is O=C1CN[C@H]2CN(C(=O)O)C[C@@H]2N1. The molecule has 2 amide bonds. The summed E-state index contributed by atoms with van der Waals surface area (Å²) in [5.41, 5.74) is 0. The van der Waals surface area contributed by atoms with E-state index in [1.54, 1.807) is 0 Å². The first kappa shape index (κ1) is 8.31. The van der Waals surface area contributed by atoms with Crippen molar-refractivity contribution in [2.75, 3.05) is 19.6 Å². The lowest BCUT2D eigenvalue weighted by atomic mass is 10.1. The first-order chi connectivity index (χ1) is 6.16. The van der Waals surface area contributed by atoms with Gasteiger partial charge in [-0.3, -0.25) is 4.79 Å². The summed E-state index contributed by atoms with van der Waals surface area (Å²) in [5, 5.41) is 14.5. The molecule has 0 unspecified atom stereocenters. The predicted octanol–water partition coefficient (Wildman–Crippen LogP) is -1.56. The maximum absolute atomic E-state index is 10.9. The van der Waals surface area contributed by atoms with E-state index in [2.05, 4.69) is 10.6 Å². The lowest BCUT2D eigenvalue weighted by Crippen LogP contribution is -2.58. The number of fused-ring (bicyclic) bond motifs is 1. The molecular formula is C7H11N3O3. The van der Waals surface area contributed by atoms with Gasteiger partial charge in [0.1, 0.15) is 0 Å². The molecule has 0 radical (unpaired) electrons. The highest BCUT2D eigenvalue weighted by molar-refractivity contribution is 5.79. The van der Waals surface area contributed by atoms with Gasteiger partial charge in [-0.15, -0.1) is 0 Å². The van der Waals surface area contributed by atoms with Crippen LogP contribution in [0.25, 0.3) is 0 Å². The van der Waals surface area contributed by atoms with Crippen molar-refractivity contribution in [3.63, 3.8) is 0 Å². The number of carbonyl (C=O) groups is 2. The average molecular weight is 185 g/mol. The standard InChI is InChI=1S/C7H11N3O3/c11-6-1-8-4-2-10(7(12)13)3-5(4)9-6/h4-5,8H,1-3H2,(H,9,11)(H,12,13)/t4-,5-/m0/s1. The van der Waals surface area contributed by atoms with Crippen LogP contribution in [0, 0.1) is 0 Å². The molecule has 0 saturated carbocycles. The fourth-order valence-corrected chi connectivity index (χ4v) is 1.79. The lowest BCUT2D eigenvalue weighted by Gasteiger charge is -2.25. The van der Waals surface area contributed by atoms with Gasteiger partial charge in [0.2, 0.25) is 5.91 Å². The van der Waals surface area contributed by atoms with Crippen molar-refractivity contribution >= 4 is 12.0 Å². The zero-order valence-corrected chi connectivity index (χ0v) is 6.99. The molecule has 2 fully saturated rings. The van der Waals surface area contributed by atoms with Crippen LogP contribution >= 0.6 is 0 Å². The van der Waals surface area contributed by atoms with E-state index in [1.165, 1.54) is 4.90 Å². The van der Waals surface area contributed by atoms with Crippen LogP contribution in [0.3, 0.4) is 0 Å². The molecule has 2 atom stereocenters. The molecule has 2 saturated heterocycles. The van der Waals surface area contributed by atoms with Crippen molar-refractivity contribution in [1.82, 2.24) is 15.5 Å². The normalized spacial score (nSPS) is 32.6. The number of nitrogens with zero attached hydrogens (tertiary/aromatic N) is 1. The largest absolute Gasteiger partial charge is 0.465 e. The van der Waals surface area contributed by atoms with E-state index >= 15 is 0 Å². The van der Waals surface area contributed by atoms with Crippen molar-refractivity contribution < 1.29 is 14.7 Å². The quantitative estimate of drug-likeness (QED) is 0.426. The third-order valence-electron chi connectivity index (χ3n) is 2.46. The molecular weight excluding hydrogens is 174 g/mol. The van der Waals surface area contributed by atoms with Gasteiger partial charge < -0.3 is 20.6 Å². The summed E-state index contributed by atoms with van der Waals surface area (Å²) in [4.78, 5) is 22.9. The zero-order chi connectivity index (χ0) is 9.42. The summed E-state index contributed by atoms with van der Waals surface area (Å²) in [6.45, 7) is 1.13. The number of hydrogen-bond acceptors (Lipinski definition) is 3. The number of nitrogens with one attached hydrogen (secondary N) is 2. The number of hydrogen-bond donors (Lipinski definition) is 3. The summed E-state index contributed by atoms with van der Waals surface area (Å²) in [5.74, 6) is -0.0616. The third kappa shape index (κ3) is 1.44. The Kier molecular flexibility index (Phi) is 1.84. The molecule has 2 heterocycles. The molecule has 13 heavy (non-hydrogen) atoms. The van der Waals surface area contributed by atoms with E-state index in [0.29, 0.717) is 13.1 Å². The van der Waals surface area contributed by atoms with Crippen LogP contribution in [0.4, 0.5) is 4.79 Å². The molecule has 2 aliphatic heterocycles. The smallest absolute Gasteiger partial charge is 0.407 e. The van der Waals surface area contributed by atoms with Crippen molar-refractivity contribution in [2.24, 2.45) is 0 Å². The van der Waals surface area contributed by atoms with E-state index in [9.17, 15) is 9.59 Å². The van der Waals surface area contributed by atoms with Crippen LogP contribution in [0.5, 0.6) is 0 Å². The lowest BCUT2D eigenvalue weighted by molar-refractivity contribution is -0.122. The van der Waals surface area contributed by atoms with Gasteiger partial charge in [0, 0.05) is 19.1 Å². The van der Waals surface area contributed by atoms with Crippen LogP contribution in [-0.4, -0.2) is 53.7 Å². The molecule has 0 bridgehead atoms. The first-order valence-corrected chi connectivity index (χ1v) is 4.17. The Balaban J connectivity index is 2.02. The van der Waals surface area contributed by atoms with E-state index in [1.807, 2.05) is 0 Å². The van der Waals surface area contributed by atoms with Crippen LogP contribution < -0.4 is 10.6 Å². The third-order valence-corrected chi connectivity index (χ3v) is 2.46. The van der Waals surface area contributed by atoms with Crippen molar-refractivity contribution in [3.05, 3.63) is 0 Å². The van der Waals surface area contributed by atoms with E-state index in [-0.39, 0.29) is 24.5 Å². The molecule has 2 aliphatic rings. The fraction of sp³-hybridized carbons (Fsp3) is 0.714. The van der Waals surface area contributed by atoms with Gasteiger partial charge in [-0.2, -0.15) is 0 Å². The summed E-state index contributed by atoms with van der Waals surface area (Å²) in [6.07, 6.45) is -0.926. The second-order valence-corrected chi connectivity index (χ2v) is 3.35. The Morgan fingerprint density at radius 3 is 2.85 bits per heavy atom. The highest BCUT2D eigenvalue weighted by atomic mass is 16.4. The molecule has 2 rings (SSSR count). The number of amides is 2. The minimum Gasteiger partial charge on any atom is -0.465 e. The van der Waals surface area contributed by atoms with Crippen LogP contribution in [0.2, 0.25) is 0 Å². The molecule has 3 N–H and O–H groups in total. The number of likely N-dealkylation sites (tertiary alicyclic amines) is 1. The molecule has 0 aromatic rings. The fourth-order valence-electron chi connectivity index (χ4n) is 1.79. The molecule has 6 nitrogen and oxygen atoms in total. The van der Waals surface area contributed by atoms with Gasteiger partial charge in [-0.05, 0) is 0 Å². The van der Waals surface area contributed by atoms with Crippen molar-refractivity contribution in [3.8, 4) is 0 Å². The Hall–Kier alpha value is -1.30. The summed E-state index contributed by atoms with van der Waals surface area (Å²) in [6, 6.07) is 0.0196. The second kappa shape index (κ2) is 2.88. The molecule has 0 aromatic heterocycles. The van der Waals surface area contributed by atoms with E-state index < -0.39 is 6.09 Å². The van der Waals surface area contributed by atoms with Gasteiger partial charge in [0.15, 0.2) is 0 Å². The molecule has 6 heteroatoms. The van der Waals surface area contributed by atoms with Crippen molar-refractivity contribution in [1.29, 1.82) is 0 Å². The van der Waals surface area contributed by atoms with E-state index in [4.69, 9.17) is 5.11 Å². The number of carbonyl (C=O) groups excluding carboxylic acids is 1. The highest BCUT2D eigenvalue weighted by Crippen LogP contribution is 2.12. The maximum Gasteiger partial charge on any atom is 0.407 e.